The number of nitrogens with two attached hydrogens (primary N) is 1. The second-order valence-corrected chi connectivity index (χ2v) is 4.12. The van der Waals surface area contributed by atoms with Gasteiger partial charge in [0.25, 0.3) is 0 Å². The first-order valence-corrected chi connectivity index (χ1v) is 5.10. The number of rotatable bonds is 4. The molecule has 5 heteroatoms. The van der Waals surface area contributed by atoms with Gasteiger partial charge < -0.3 is 16.0 Å². The topological polar surface area (TPSA) is 53.1 Å². The average Bonchev–Trinajstić information content (AvgIpc) is 2.18. The number of nitrogens with zero attached hydrogens (tertiary/aromatic N) is 1. The van der Waals surface area contributed by atoms with E-state index in [9.17, 15) is 0 Å². The predicted octanol–water partition coefficient (Wildman–Crippen LogP) is 2.82. The van der Waals surface area contributed by atoms with Gasteiger partial charge in [-0.1, -0.05) is 12.1 Å². The van der Waals surface area contributed by atoms with Crippen molar-refractivity contribution in [2.24, 2.45) is 0 Å². The largest absolute Gasteiger partial charge is 0.399 e. The molecule has 0 saturated carbocycles. The highest BCUT2D eigenvalue weighted by Crippen LogP contribution is 2.10. The van der Waals surface area contributed by atoms with Gasteiger partial charge in [0.05, 0.1) is 0 Å². The molecule has 3 nitrogen and oxygen atoms in total. The fraction of sp³-hybridized carbons (Fsp3) is 0.417. The van der Waals surface area contributed by atoms with Gasteiger partial charge in [-0.25, -0.2) is 0 Å². The fourth-order valence-electron chi connectivity index (χ4n) is 1.28. The van der Waals surface area contributed by atoms with Gasteiger partial charge in [-0.15, -0.1) is 24.8 Å². The average molecular weight is 278 g/mol. The lowest BCUT2D eigenvalue weighted by Crippen LogP contribution is -2.27. The molecular weight excluding hydrogens is 257 g/mol. The fourth-order valence-corrected chi connectivity index (χ4v) is 1.28. The number of hydrogen-bond donors (Lipinski definition) is 2. The highest BCUT2D eigenvalue weighted by Gasteiger charge is 2.09. The van der Waals surface area contributed by atoms with E-state index in [1.54, 1.807) is 0 Å². The molecule has 98 valence electrons. The third-order valence-corrected chi connectivity index (χ3v) is 2.64. The van der Waals surface area contributed by atoms with Crippen molar-refractivity contribution >= 4 is 36.2 Å². The molecule has 0 aromatic heterocycles. The van der Waals surface area contributed by atoms with Crippen molar-refractivity contribution in [3.8, 4) is 0 Å². The van der Waals surface area contributed by atoms with Crippen LogP contribution in [0.2, 0.25) is 0 Å². The van der Waals surface area contributed by atoms with Gasteiger partial charge in [0.1, 0.15) is 0 Å². The molecule has 0 bridgehead atoms. The number of nitrogen functional groups attached to an aromatic ring is 1. The minimum Gasteiger partial charge on any atom is -0.399 e. The van der Waals surface area contributed by atoms with E-state index in [1.807, 2.05) is 38.4 Å². The lowest BCUT2D eigenvalue weighted by Gasteiger charge is -2.19. The van der Waals surface area contributed by atoms with Crippen LogP contribution in [0.3, 0.4) is 0 Å². The molecule has 0 aliphatic heterocycles. The lowest BCUT2D eigenvalue weighted by molar-refractivity contribution is 0.321. The summed E-state index contributed by atoms with van der Waals surface area (Å²) in [4.78, 5) is 2.12. The molecule has 1 unspecified atom stereocenters. The van der Waals surface area contributed by atoms with Crippen molar-refractivity contribution in [3.63, 3.8) is 0 Å². The van der Waals surface area contributed by atoms with Gasteiger partial charge in [0.15, 0.2) is 0 Å². The highest BCUT2D eigenvalue weighted by atomic mass is 35.5. The monoisotopic (exact) mass is 277 g/mol. The summed E-state index contributed by atoms with van der Waals surface area (Å²) in [7, 11) is 4.06. The van der Waals surface area contributed by atoms with E-state index in [4.69, 9.17) is 11.1 Å². The summed E-state index contributed by atoms with van der Waals surface area (Å²) in [6, 6.07) is 7.86. The number of benzene rings is 1. The van der Waals surface area contributed by atoms with Crippen molar-refractivity contribution < 1.29 is 0 Å². The molecule has 0 spiro atoms. The van der Waals surface area contributed by atoms with E-state index in [2.05, 4.69) is 11.8 Å². The summed E-state index contributed by atoms with van der Waals surface area (Å²) in [5.74, 6) is 0. The molecular formula is C12H21Cl2N3. The molecule has 0 saturated heterocycles. The standard InChI is InChI=1S/C12H19N3.2ClH/c1-9(15(2)3)8-12(14)10-4-6-11(13)7-5-10;;/h4-7,9,14H,8,13H2,1-3H3;2*1H. The predicted molar refractivity (Wildman–Crippen MR) is 79.9 cm³/mol. The summed E-state index contributed by atoms with van der Waals surface area (Å²) >= 11 is 0. The molecule has 0 radical (unpaired) electrons. The Morgan fingerprint density at radius 1 is 1.24 bits per heavy atom. The smallest absolute Gasteiger partial charge is 0.0401 e. The second kappa shape index (κ2) is 8.34. The maximum Gasteiger partial charge on any atom is 0.0401 e. The lowest BCUT2D eigenvalue weighted by atomic mass is 10.0. The number of anilines is 1. The number of halogens is 2. The molecule has 1 rings (SSSR count). The molecule has 0 fully saturated rings. The zero-order chi connectivity index (χ0) is 11.4. The van der Waals surface area contributed by atoms with E-state index in [-0.39, 0.29) is 24.8 Å². The van der Waals surface area contributed by atoms with Crippen LogP contribution in [-0.4, -0.2) is 30.7 Å². The van der Waals surface area contributed by atoms with Gasteiger partial charge in [0, 0.05) is 23.9 Å². The molecule has 0 aliphatic rings. The summed E-state index contributed by atoms with van der Waals surface area (Å²) in [5, 5.41) is 7.96. The molecule has 0 aliphatic carbocycles. The zero-order valence-corrected chi connectivity index (χ0v) is 12.1. The van der Waals surface area contributed by atoms with Gasteiger partial charge >= 0.3 is 0 Å². The minimum absolute atomic E-state index is 0. The molecule has 0 heterocycles. The Labute approximate surface area is 116 Å². The number of hydrogen-bond acceptors (Lipinski definition) is 3. The van der Waals surface area contributed by atoms with Crippen LogP contribution in [-0.2, 0) is 0 Å². The number of nitrogens with one attached hydrogen (secondary N) is 1. The van der Waals surface area contributed by atoms with Crippen molar-refractivity contribution in [2.75, 3.05) is 19.8 Å². The van der Waals surface area contributed by atoms with Crippen molar-refractivity contribution in [1.29, 1.82) is 5.41 Å². The zero-order valence-electron chi connectivity index (χ0n) is 10.4. The van der Waals surface area contributed by atoms with Gasteiger partial charge in [-0.2, -0.15) is 0 Å². The van der Waals surface area contributed by atoms with Crippen LogP contribution >= 0.6 is 24.8 Å². The van der Waals surface area contributed by atoms with E-state index in [0.29, 0.717) is 11.8 Å². The first-order valence-electron chi connectivity index (χ1n) is 5.10. The molecule has 17 heavy (non-hydrogen) atoms. The van der Waals surface area contributed by atoms with E-state index in [0.717, 1.165) is 17.7 Å². The van der Waals surface area contributed by atoms with E-state index in [1.165, 1.54) is 0 Å². The Kier molecular flexibility index (Phi) is 9.12. The van der Waals surface area contributed by atoms with Crippen molar-refractivity contribution in [3.05, 3.63) is 29.8 Å². The summed E-state index contributed by atoms with van der Waals surface area (Å²) < 4.78 is 0. The quantitative estimate of drug-likeness (QED) is 0.657. The maximum absolute atomic E-state index is 7.96. The molecule has 1 aromatic carbocycles. The highest BCUT2D eigenvalue weighted by molar-refractivity contribution is 5.98. The summed E-state index contributed by atoms with van der Waals surface area (Å²) in [6.07, 6.45) is 0.761. The summed E-state index contributed by atoms with van der Waals surface area (Å²) in [5.41, 5.74) is 7.96. The summed E-state index contributed by atoms with van der Waals surface area (Å²) in [6.45, 7) is 2.12. The van der Waals surface area contributed by atoms with E-state index >= 15 is 0 Å². The SMILES string of the molecule is CC(CC(=N)c1ccc(N)cc1)N(C)C.Cl.Cl. The molecule has 3 N–H and O–H groups in total. The molecule has 1 aromatic rings. The van der Waals surface area contributed by atoms with Gasteiger partial charge in [0.2, 0.25) is 0 Å². The normalized spacial score (nSPS) is 11.3. The Balaban J connectivity index is 0. The van der Waals surface area contributed by atoms with Crippen molar-refractivity contribution in [1.82, 2.24) is 4.90 Å². The second-order valence-electron chi connectivity index (χ2n) is 4.12. The first-order chi connectivity index (χ1) is 7.00. The van der Waals surface area contributed by atoms with Crippen molar-refractivity contribution in [2.45, 2.75) is 19.4 Å². The van der Waals surface area contributed by atoms with E-state index < -0.39 is 0 Å². The maximum atomic E-state index is 7.96. The Morgan fingerprint density at radius 3 is 2.12 bits per heavy atom. The molecule has 1 atom stereocenters. The van der Waals surface area contributed by atoms with Crippen LogP contribution in [0.5, 0.6) is 0 Å². The van der Waals surface area contributed by atoms with Crippen LogP contribution in [0, 0.1) is 5.41 Å². The van der Waals surface area contributed by atoms with Crippen LogP contribution in [0.15, 0.2) is 24.3 Å². The minimum atomic E-state index is 0. The third-order valence-electron chi connectivity index (χ3n) is 2.64. The van der Waals surface area contributed by atoms with Gasteiger partial charge in [-0.05, 0) is 38.7 Å². The van der Waals surface area contributed by atoms with Crippen LogP contribution in [0.1, 0.15) is 18.9 Å². The van der Waals surface area contributed by atoms with Crippen LogP contribution in [0.25, 0.3) is 0 Å². The Hall–Kier alpha value is -0.770. The van der Waals surface area contributed by atoms with Crippen LogP contribution in [0.4, 0.5) is 5.69 Å². The van der Waals surface area contributed by atoms with Gasteiger partial charge in [-0.3, -0.25) is 0 Å². The Bertz CT molecular complexity index is 336. The van der Waals surface area contributed by atoms with Crippen LogP contribution < -0.4 is 5.73 Å². The Morgan fingerprint density at radius 2 is 1.71 bits per heavy atom. The first kappa shape index (κ1) is 18.6. The molecule has 0 amide bonds. The third kappa shape index (κ3) is 5.91.